The van der Waals surface area contributed by atoms with Gasteiger partial charge >= 0.3 is 13.1 Å². The zero-order valence-corrected chi connectivity index (χ0v) is 17.3. The van der Waals surface area contributed by atoms with Gasteiger partial charge in [0.05, 0.1) is 17.8 Å². The minimum absolute atomic E-state index is 0.0893. The molecule has 1 aliphatic heterocycles. The lowest BCUT2D eigenvalue weighted by Crippen LogP contribution is -2.41. The molecule has 0 spiro atoms. The summed E-state index contributed by atoms with van der Waals surface area (Å²) >= 11 is 0. The van der Waals surface area contributed by atoms with E-state index in [0.717, 1.165) is 16.6 Å². The van der Waals surface area contributed by atoms with E-state index in [9.17, 15) is 4.79 Å². The van der Waals surface area contributed by atoms with E-state index in [-0.39, 0.29) is 12.6 Å². The Morgan fingerprint density at radius 3 is 2.23 bits per heavy atom. The van der Waals surface area contributed by atoms with Gasteiger partial charge < -0.3 is 18.8 Å². The maximum absolute atomic E-state index is 11.8. The van der Waals surface area contributed by atoms with E-state index in [1.807, 2.05) is 73.6 Å². The molecule has 2 rings (SSSR count). The van der Waals surface area contributed by atoms with E-state index < -0.39 is 23.9 Å². The van der Waals surface area contributed by atoms with Crippen molar-refractivity contribution in [1.29, 1.82) is 0 Å². The summed E-state index contributed by atoms with van der Waals surface area (Å²) in [5, 5.41) is 0. The van der Waals surface area contributed by atoms with Crippen LogP contribution in [0.5, 0.6) is 0 Å². The molecule has 6 heteroatoms. The average molecular weight is 362 g/mol. The van der Waals surface area contributed by atoms with E-state index in [1.54, 1.807) is 0 Å². The van der Waals surface area contributed by atoms with Crippen LogP contribution in [0.15, 0.2) is 18.2 Å². The molecular weight excluding hydrogens is 331 g/mol. The summed E-state index contributed by atoms with van der Waals surface area (Å²) < 4.78 is 23.3. The topological polar surface area (TPSA) is 54.0 Å². The zero-order valence-electron chi connectivity index (χ0n) is 17.3. The Kier molecular flexibility index (Phi) is 5.91. The number of carbonyl (C=O) groups is 1. The van der Waals surface area contributed by atoms with Crippen molar-refractivity contribution in [1.82, 2.24) is 0 Å². The minimum Gasteiger partial charge on any atom is -0.458 e. The summed E-state index contributed by atoms with van der Waals surface area (Å²) in [6.45, 7) is 15.9. The summed E-state index contributed by atoms with van der Waals surface area (Å²) in [6.07, 6.45) is 0. The second-order valence-electron chi connectivity index (χ2n) is 8.82. The predicted octanol–water partition coefficient (Wildman–Crippen LogP) is 3.15. The number of hydrogen-bond acceptors (Lipinski definition) is 5. The fourth-order valence-electron chi connectivity index (χ4n) is 2.78. The van der Waals surface area contributed by atoms with E-state index >= 15 is 0 Å². The van der Waals surface area contributed by atoms with E-state index in [0.29, 0.717) is 6.61 Å². The SMILES string of the molecule is Cc1cccc(COCC(=O)OC(C)(C)C)c1B1OC(C)(C)C(C)(C)O1. The molecule has 1 aliphatic rings. The molecule has 0 bridgehead atoms. The van der Waals surface area contributed by atoms with Crippen molar-refractivity contribution in [2.45, 2.75) is 78.8 Å². The predicted molar refractivity (Wildman–Crippen MR) is 102 cm³/mol. The van der Waals surface area contributed by atoms with Crippen LogP contribution in [-0.2, 0) is 30.2 Å². The normalized spacial score (nSPS) is 18.8. The Bertz CT molecular complexity index is 645. The van der Waals surface area contributed by atoms with Crippen molar-refractivity contribution >= 4 is 18.6 Å². The van der Waals surface area contributed by atoms with Gasteiger partial charge in [-0.3, -0.25) is 0 Å². The van der Waals surface area contributed by atoms with Crippen LogP contribution in [0.2, 0.25) is 0 Å². The van der Waals surface area contributed by atoms with Gasteiger partial charge in [-0.2, -0.15) is 0 Å². The molecule has 0 N–H and O–H groups in total. The van der Waals surface area contributed by atoms with Crippen LogP contribution in [0.1, 0.15) is 59.6 Å². The molecule has 0 saturated carbocycles. The van der Waals surface area contributed by atoms with Crippen LogP contribution in [0.25, 0.3) is 0 Å². The highest BCUT2D eigenvalue weighted by Gasteiger charge is 2.52. The van der Waals surface area contributed by atoms with Gasteiger partial charge in [0.1, 0.15) is 12.2 Å². The van der Waals surface area contributed by atoms with Crippen molar-refractivity contribution < 1.29 is 23.6 Å². The minimum atomic E-state index is -0.516. The molecule has 1 aromatic carbocycles. The van der Waals surface area contributed by atoms with Crippen molar-refractivity contribution in [2.75, 3.05) is 6.61 Å². The Balaban J connectivity index is 2.10. The van der Waals surface area contributed by atoms with Crippen LogP contribution in [0.3, 0.4) is 0 Å². The molecular formula is C20H31BO5. The van der Waals surface area contributed by atoms with Gasteiger partial charge in [-0.15, -0.1) is 0 Å². The quantitative estimate of drug-likeness (QED) is 0.595. The van der Waals surface area contributed by atoms with Crippen molar-refractivity contribution in [2.24, 2.45) is 0 Å². The second kappa shape index (κ2) is 7.33. The first-order valence-electron chi connectivity index (χ1n) is 9.06. The summed E-state index contributed by atoms with van der Waals surface area (Å²) in [6, 6.07) is 5.97. The largest absolute Gasteiger partial charge is 0.495 e. The Morgan fingerprint density at radius 1 is 1.12 bits per heavy atom. The summed E-state index contributed by atoms with van der Waals surface area (Å²) in [5.41, 5.74) is 1.66. The molecule has 5 nitrogen and oxygen atoms in total. The highest BCUT2D eigenvalue weighted by molar-refractivity contribution is 6.63. The van der Waals surface area contributed by atoms with Crippen LogP contribution >= 0.6 is 0 Å². The van der Waals surface area contributed by atoms with Gasteiger partial charge in [-0.25, -0.2) is 4.79 Å². The lowest BCUT2D eigenvalue weighted by Gasteiger charge is -2.32. The Morgan fingerprint density at radius 2 is 1.69 bits per heavy atom. The molecule has 26 heavy (non-hydrogen) atoms. The highest BCUT2D eigenvalue weighted by Crippen LogP contribution is 2.37. The number of carbonyl (C=O) groups excluding carboxylic acids is 1. The fourth-order valence-corrected chi connectivity index (χ4v) is 2.78. The van der Waals surface area contributed by atoms with Gasteiger partial charge in [0.15, 0.2) is 0 Å². The van der Waals surface area contributed by atoms with Crippen LogP contribution < -0.4 is 5.46 Å². The van der Waals surface area contributed by atoms with Crippen LogP contribution in [0, 0.1) is 6.92 Å². The number of hydrogen-bond donors (Lipinski definition) is 0. The maximum atomic E-state index is 11.8. The van der Waals surface area contributed by atoms with Gasteiger partial charge in [-0.05, 0) is 66.4 Å². The molecule has 1 fully saturated rings. The van der Waals surface area contributed by atoms with Gasteiger partial charge in [-0.1, -0.05) is 23.8 Å². The summed E-state index contributed by atoms with van der Waals surface area (Å²) in [4.78, 5) is 11.8. The molecule has 0 radical (unpaired) electrons. The number of benzene rings is 1. The van der Waals surface area contributed by atoms with Crippen molar-refractivity contribution in [3.05, 3.63) is 29.3 Å². The molecule has 1 saturated heterocycles. The van der Waals surface area contributed by atoms with E-state index in [4.69, 9.17) is 18.8 Å². The first-order chi connectivity index (χ1) is 11.8. The highest BCUT2D eigenvalue weighted by atomic mass is 16.7. The van der Waals surface area contributed by atoms with Gasteiger partial charge in [0.2, 0.25) is 0 Å². The first kappa shape index (κ1) is 20.9. The molecule has 144 valence electrons. The van der Waals surface area contributed by atoms with Crippen molar-refractivity contribution in [3.63, 3.8) is 0 Å². The lowest BCUT2D eigenvalue weighted by molar-refractivity contribution is -0.160. The summed E-state index contributed by atoms with van der Waals surface area (Å²) in [5.74, 6) is -0.373. The Hall–Kier alpha value is -1.37. The van der Waals surface area contributed by atoms with Gasteiger partial charge in [0.25, 0.3) is 0 Å². The maximum Gasteiger partial charge on any atom is 0.495 e. The second-order valence-corrected chi connectivity index (χ2v) is 8.82. The average Bonchev–Trinajstić information content (AvgIpc) is 2.65. The Labute approximate surface area is 157 Å². The molecule has 0 aromatic heterocycles. The molecule has 0 amide bonds. The van der Waals surface area contributed by atoms with Gasteiger partial charge in [0, 0.05) is 0 Å². The number of esters is 1. The molecule has 1 heterocycles. The monoisotopic (exact) mass is 362 g/mol. The third kappa shape index (κ3) is 4.87. The number of aryl methyl sites for hydroxylation is 1. The van der Waals surface area contributed by atoms with E-state index in [2.05, 4.69) is 0 Å². The van der Waals surface area contributed by atoms with Crippen LogP contribution in [-0.4, -0.2) is 36.5 Å². The molecule has 0 aliphatic carbocycles. The molecule has 0 unspecified atom stereocenters. The van der Waals surface area contributed by atoms with Crippen molar-refractivity contribution in [3.8, 4) is 0 Å². The van der Waals surface area contributed by atoms with Crippen LogP contribution in [0.4, 0.5) is 0 Å². The third-order valence-electron chi connectivity index (χ3n) is 4.80. The number of rotatable bonds is 5. The molecule has 1 aromatic rings. The zero-order chi connectivity index (χ0) is 19.8. The number of ether oxygens (including phenoxy) is 2. The summed E-state index contributed by atoms with van der Waals surface area (Å²) in [7, 11) is -0.457. The standard InChI is InChI=1S/C20H31BO5/c1-14-10-9-11-15(12-23-13-16(22)24-18(2,3)4)17(14)21-25-19(5,6)20(7,8)26-21/h9-11H,12-13H2,1-8H3. The molecule has 0 atom stereocenters. The fraction of sp³-hybridized carbons (Fsp3) is 0.650. The third-order valence-corrected chi connectivity index (χ3v) is 4.80. The smallest absolute Gasteiger partial charge is 0.458 e. The first-order valence-corrected chi connectivity index (χ1v) is 9.06. The van der Waals surface area contributed by atoms with E-state index in [1.165, 1.54) is 0 Å². The lowest BCUT2D eigenvalue weighted by atomic mass is 9.73.